The van der Waals surface area contributed by atoms with Crippen LogP contribution in [0.2, 0.25) is 0 Å². The molecule has 0 aromatic carbocycles. The van der Waals surface area contributed by atoms with Crippen LogP contribution in [0.1, 0.15) is 39.0 Å². The van der Waals surface area contributed by atoms with Crippen molar-refractivity contribution in [2.24, 2.45) is 5.41 Å². The van der Waals surface area contributed by atoms with E-state index in [4.69, 9.17) is 0 Å². The van der Waals surface area contributed by atoms with Gasteiger partial charge in [-0.1, -0.05) is 38.3 Å². The number of unbranched alkanes of at least 4 members (excludes halogenated alkanes) is 2. The molecule has 0 heterocycles. The Kier molecular flexibility index (Phi) is 6.21. The van der Waals surface area contributed by atoms with Crippen LogP contribution in [-0.2, 0) is 4.79 Å². The predicted octanol–water partition coefficient (Wildman–Crippen LogP) is 3.42. The standard InChI is InChI=1S/C12H19O/c1-4-7-8-10-12(6-3,11-13)9-5-2/h5-6H,2-4,7-10H2,1H3. The van der Waals surface area contributed by atoms with Gasteiger partial charge < -0.3 is 0 Å². The number of rotatable bonds is 8. The smallest absolute Gasteiger partial charge is 0.209 e. The summed E-state index contributed by atoms with van der Waals surface area (Å²) in [5, 5.41) is 0. The van der Waals surface area contributed by atoms with Gasteiger partial charge in [-0.15, -0.1) is 13.2 Å². The normalized spacial score (nSPS) is 14.5. The van der Waals surface area contributed by atoms with Gasteiger partial charge in [0.2, 0.25) is 6.29 Å². The van der Waals surface area contributed by atoms with Crippen LogP contribution in [0.25, 0.3) is 0 Å². The predicted molar refractivity (Wildman–Crippen MR) is 57.3 cm³/mol. The first-order valence-corrected chi connectivity index (χ1v) is 4.88. The van der Waals surface area contributed by atoms with Gasteiger partial charge in [-0.05, 0) is 12.8 Å². The van der Waals surface area contributed by atoms with Crippen LogP contribution in [0.3, 0.4) is 0 Å². The Balaban J connectivity index is 4.12. The fourth-order valence-corrected chi connectivity index (χ4v) is 1.37. The topological polar surface area (TPSA) is 17.1 Å². The molecule has 0 aromatic rings. The summed E-state index contributed by atoms with van der Waals surface area (Å²) in [7, 11) is 0. The fourth-order valence-electron chi connectivity index (χ4n) is 1.37. The molecule has 1 nitrogen and oxygen atoms in total. The van der Waals surface area contributed by atoms with Crippen LogP contribution in [0.4, 0.5) is 0 Å². The maximum atomic E-state index is 10.8. The molecule has 0 aliphatic rings. The van der Waals surface area contributed by atoms with Crippen molar-refractivity contribution in [3.8, 4) is 0 Å². The lowest BCUT2D eigenvalue weighted by molar-refractivity contribution is 0.420. The molecule has 0 bridgehead atoms. The Bertz CT molecular complexity index is 162. The molecule has 0 rings (SSSR count). The minimum atomic E-state index is -0.475. The van der Waals surface area contributed by atoms with E-state index in [0.717, 1.165) is 19.3 Å². The molecule has 1 radical (unpaired) electrons. The average molecular weight is 179 g/mol. The zero-order valence-corrected chi connectivity index (χ0v) is 8.51. The van der Waals surface area contributed by atoms with Crippen LogP contribution in [0.15, 0.2) is 25.3 Å². The van der Waals surface area contributed by atoms with E-state index in [1.54, 1.807) is 12.2 Å². The van der Waals surface area contributed by atoms with E-state index in [-0.39, 0.29) is 0 Å². The second-order valence-corrected chi connectivity index (χ2v) is 3.41. The molecule has 0 aliphatic heterocycles. The Morgan fingerprint density at radius 2 is 2.08 bits per heavy atom. The lowest BCUT2D eigenvalue weighted by Crippen LogP contribution is -2.18. The molecule has 0 aliphatic carbocycles. The highest BCUT2D eigenvalue weighted by Gasteiger charge is 2.24. The Morgan fingerprint density at radius 1 is 1.38 bits per heavy atom. The molecule has 0 saturated carbocycles. The largest absolute Gasteiger partial charge is 0.290 e. The summed E-state index contributed by atoms with van der Waals surface area (Å²) < 4.78 is 0. The van der Waals surface area contributed by atoms with Crippen molar-refractivity contribution in [1.82, 2.24) is 0 Å². The highest BCUT2D eigenvalue weighted by molar-refractivity contribution is 5.63. The lowest BCUT2D eigenvalue weighted by atomic mass is 9.81. The van der Waals surface area contributed by atoms with Gasteiger partial charge >= 0.3 is 0 Å². The van der Waals surface area contributed by atoms with Crippen molar-refractivity contribution < 1.29 is 4.79 Å². The summed E-state index contributed by atoms with van der Waals surface area (Å²) in [5.41, 5.74) is -0.475. The van der Waals surface area contributed by atoms with Gasteiger partial charge in [-0.25, -0.2) is 0 Å². The summed E-state index contributed by atoms with van der Waals surface area (Å²) in [6, 6.07) is 0. The van der Waals surface area contributed by atoms with Gasteiger partial charge in [-0.3, -0.25) is 4.79 Å². The fraction of sp³-hybridized carbons (Fsp3) is 0.583. The third-order valence-electron chi connectivity index (χ3n) is 2.33. The Morgan fingerprint density at radius 3 is 2.46 bits per heavy atom. The van der Waals surface area contributed by atoms with E-state index >= 15 is 0 Å². The van der Waals surface area contributed by atoms with Crippen LogP contribution in [-0.4, -0.2) is 6.29 Å². The number of hydrogen-bond acceptors (Lipinski definition) is 1. The minimum Gasteiger partial charge on any atom is -0.290 e. The summed E-state index contributed by atoms with van der Waals surface area (Å²) in [6.07, 6.45) is 10.4. The lowest BCUT2D eigenvalue weighted by Gasteiger charge is -2.20. The molecule has 0 N–H and O–H groups in total. The molecular formula is C12H19O. The third-order valence-corrected chi connectivity index (χ3v) is 2.33. The van der Waals surface area contributed by atoms with E-state index < -0.39 is 5.41 Å². The average Bonchev–Trinajstić information content (AvgIpc) is 2.17. The van der Waals surface area contributed by atoms with E-state index in [2.05, 4.69) is 26.4 Å². The Hall–Kier alpha value is -0.850. The van der Waals surface area contributed by atoms with Crippen molar-refractivity contribution in [3.05, 3.63) is 25.3 Å². The number of allylic oxidation sites excluding steroid dienone is 2. The first kappa shape index (κ1) is 12.2. The molecule has 0 aromatic heterocycles. The molecule has 0 fully saturated rings. The molecule has 13 heavy (non-hydrogen) atoms. The zero-order chi connectivity index (χ0) is 10.2. The molecule has 0 spiro atoms. The highest BCUT2D eigenvalue weighted by Crippen LogP contribution is 2.28. The van der Waals surface area contributed by atoms with E-state index in [9.17, 15) is 4.79 Å². The van der Waals surface area contributed by atoms with E-state index in [1.165, 1.54) is 6.42 Å². The van der Waals surface area contributed by atoms with Gasteiger partial charge in [0.25, 0.3) is 0 Å². The van der Waals surface area contributed by atoms with Gasteiger partial charge in [-0.2, -0.15) is 0 Å². The second kappa shape index (κ2) is 6.64. The summed E-state index contributed by atoms with van der Waals surface area (Å²) in [5.74, 6) is 0. The zero-order valence-electron chi connectivity index (χ0n) is 8.51. The van der Waals surface area contributed by atoms with Crippen LogP contribution in [0.5, 0.6) is 0 Å². The maximum absolute atomic E-state index is 10.8. The first-order valence-electron chi connectivity index (χ1n) is 4.88. The van der Waals surface area contributed by atoms with Crippen LogP contribution in [0, 0.1) is 5.41 Å². The van der Waals surface area contributed by atoms with E-state index in [0.29, 0.717) is 6.42 Å². The number of hydrogen-bond donors (Lipinski definition) is 0. The molecule has 73 valence electrons. The van der Waals surface area contributed by atoms with Crippen molar-refractivity contribution in [2.45, 2.75) is 39.0 Å². The van der Waals surface area contributed by atoms with Crippen molar-refractivity contribution in [2.75, 3.05) is 0 Å². The quantitative estimate of drug-likeness (QED) is 0.412. The summed E-state index contributed by atoms with van der Waals surface area (Å²) in [6.45, 7) is 9.48. The first-order chi connectivity index (χ1) is 6.24. The van der Waals surface area contributed by atoms with Crippen LogP contribution < -0.4 is 0 Å². The van der Waals surface area contributed by atoms with Gasteiger partial charge in [0, 0.05) is 0 Å². The molecular weight excluding hydrogens is 160 g/mol. The van der Waals surface area contributed by atoms with Crippen molar-refractivity contribution in [3.63, 3.8) is 0 Å². The molecule has 1 unspecified atom stereocenters. The molecule has 0 saturated heterocycles. The van der Waals surface area contributed by atoms with Gasteiger partial charge in [0.15, 0.2) is 0 Å². The molecule has 1 atom stereocenters. The summed E-state index contributed by atoms with van der Waals surface area (Å²) in [4.78, 5) is 10.8. The van der Waals surface area contributed by atoms with Gasteiger partial charge in [0.05, 0.1) is 5.41 Å². The monoisotopic (exact) mass is 179 g/mol. The molecule has 0 amide bonds. The molecule has 1 heteroatoms. The van der Waals surface area contributed by atoms with Crippen molar-refractivity contribution >= 4 is 6.29 Å². The third kappa shape index (κ3) is 4.07. The van der Waals surface area contributed by atoms with Crippen LogP contribution >= 0.6 is 0 Å². The number of carbonyl (C=O) groups excluding carboxylic acids is 1. The van der Waals surface area contributed by atoms with Gasteiger partial charge in [0.1, 0.15) is 0 Å². The minimum absolute atomic E-state index is 0.475. The Labute approximate surface area is 81.5 Å². The van der Waals surface area contributed by atoms with E-state index in [1.807, 2.05) is 0 Å². The highest BCUT2D eigenvalue weighted by atomic mass is 16.1. The second-order valence-electron chi connectivity index (χ2n) is 3.41. The SMILES string of the molecule is C=CCC([C]=O)(C=C)CCCCC. The van der Waals surface area contributed by atoms with Crippen molar-refractivity contribution in [1.29, 1.82) is 0 Å². The maximum Gasteiger partial charge on any atom is 0.209 e. The summed E-state index contributed by atoms with van der Waals surface area (Å²) >= 11 is 0.